The third-order valence-electron chi connectivity index (χ3n) is 2.75. The smallest absolute Gasteiger partial charge is 0.334 e. The minimum absolute atomic E-state index is 0.155. The summed E-state index contributed by atoms with van der Waals surface area (Å²) in [6.45, 7) is 0.175. The third kappa shape index (κ3) is 3.09. The number of carbonyl (C=O) groups is 2. The molecule has 6 heteroatoms. The number of fused-ring (bicyclic) bond motifs is 1. The van der Waals surface area contributed by atoms with Crippen molar-refractivity contribution in [2.24, 2.45) is 0 Å². The third-order valence-corrected chi connectivity index (χ3v) is 2.75. The van der Waals surface area contributed by atoms with Crippen molar-refractivity contribution >= 4 is 18.0 Å². The number of hydrogen-bond donors (Lipinski definition) is 0. The van der Waals surface area contributed by atoms with Gasteiger partial charge in [0, 0.05) is 5.57 Å². The van der Waals surface area contributed by atoms with Crippen LogP contribution in [0.1, 0.15) is 12.0 Å². The van der Waals surface area contributed by atoms with E-state index in [1.807, 2.05) is 0 Å². The number of carbonyl (C=O) groups excluding carboxylic acids is 2. The van der Waals surface area contributed by atoms with Crippen molar-refractivity contribution in [3.8, 4) is 11.5 Å². The molecule has 0 radical (unpaired) electrons. The molecular formula is C14H14O6. The molecule has 0 spiro atoms. The zero-order valence-electron chi connectivity index (χ0n) is 11.2. The Labute approximate surface area is 115 Å². The fourth-order valence-electron chi connectivity index (χ4n) is 1.74. The first-order valence-electron chi connectivity index (χ1n) is 5.89. The van der Waals surface area contributed by atoms with Gasteiger partial charge in [0.05, 0.1) is 20.6 Å². The van der Waals surface area contributed by atoms with Crippen LogP contribution in [0.2, 0.25) is 0 Å². The van der Waals surface area contributed by atoms with Crippen LogP contribution in [0.4, 0.5) is 0 Å². The molecule has 1 heterocycles. The number of methoxy groups -OCH3 is 2. The van der Waals surface area contributed by atoms with E-state index >= 15 is 0 Å². The predicted molar refractivity (Wildman–Crippen MR) is 69.2 cm³/mol. The molecule has 0 amide bonds. The van der Waals surface area contributed by atoms with Gasteiger partial charge >= 0.3 is 11.9 Å². The van der Waals surface area contributed by atoms with Gasteiger partial charge in [-0.15, -0.1) is 0 Å². The van der Waals surface area contributed by atoms with Gasteiger partial charge in [0.1, 0.15) is 0 Å². The molecule has 0 aliphatic carbocycles. The van der Waals surface area contributed by atoms with Crippen LogP contribution < -0.4 is 9.47 Å². The van der Waals surface area contributed by atoms with Gasteiger partial charge in [-0.1, -0.05) is 6.07 Å². The monoisotopic (exact) mass is 278 g/mol. The van der Waals surface area contributed by atoms with Crippen LogP contribution in [0.3, 0.4) is 0 Å². The van der Waals surface area contributed by atoms with E-state index in [4.69, 9.17) is 9.47 Å². The van der Waals surface area contributed by atoms with Crippen LogP contribution in [0.5, 0.6) is 11.5 Å². The molecule has 0 saturated carbocycles. The predicted octanol–water partition coefficient (Wildman–Crippen LogP) is 1.53. The molecule has 106 valence electrons. The Balaban J connectivity index is 2.27. The maximum absolute atomic E-state index is 11.6. The molecular weight excluding hydrogens is 264 g/mol. The standard InChI is InChI=1S/C14H14O6/c1-17-13(15)7-10(14(16)18-2)5-9-3-4-11-12(6-9)20-8-19-11/h3-6H,7-8H2,1-2H3/b10-5+. The van der Waals surface area contributed by atoms with Crippen molar-refractivity contribution in [1.82, 2.24) is 0 Å². The summed E-state index contributed by atoms with van der Waals surface area (Å²) < 4.78 is 19.7. The zero-order chi connectivity index (χ0) is 14.5. The summed E-state index contributed by atoms with van der Waals surface area (Å²) in [4.78, 5) is 23.0. The summed E-state index contributed by atoms with van der Waals surface area (Å²) in [5, 5.41) is 0. The van der Waals surface area contributed by atoms with E-state index in [9.17, 15) is 9.59 Å². The van der Waals surface area contributed by atoms with Crippen molar-refractivity contribution < 1.29 is 28.5 Å². The highest BCUT2D eigenvalue weighted by Crippen LogP contribution is 2.33. The molecule has 0 bridgehead atoms. The van der Waals surface area contributed by atoms with E-state index < -0.39 is 11.9 Å². The lowest BCUT2D eigenvalue weighted by Crippen LogP contribution is -2.10. The maximum atomic E-state index is 11.6. The number of esters is 2. The van der Waals surface area contributed by atoms with Gasteiger partial charge in [-0.05, 0) is 23.8 Å². The first-order chi connectivity index (χ1) is 9.63. The Morgan fingerprint density at radius 3 is 2.65 bits per heavy atom. The van der Waals surface area contributed by atoms with Crippen LogP contribution in [-0.4, -0.2) is 33.0 Å². The normalized spacial score (nSPS) is 13.0. The Kier molecular flexibility index (Phi) is 4.24. The van der Waals surface area contributed by atoms with E-state index in [0.717, 1.165) is 0 Å². The molecule has 1 aromatic carbocycles. The lowest BCUT2D eigenvalue weighted by atomic mass is 10.1. The molecule has 1 aliphatic heterocycles. The number of rotatable bonds is 4. The lowest BCUT2D eigenvalue weighted by Gasteiger charge is -2.05. The van der Waals surface area contributed by atoms with Gasteiger partial charge < -0.3 is 18.9 Å². The molecule has 0 saturated heterocycles. The topological polar surface area (TPSA) is 71.1 Å². The van der Waals surface area contributed by atoms with Crippen LogP contribution >= 0.6 is 0 Å². The van der Waals surface area contributed by atoms with Crippen molar-refractivity contribution in [3.05, 3.63) is 29.3 Å². The molecule has 0 N–H and O–H groups in total. The fourth-order valence-corrected chi connectivity index (χ4v) is 1.74. The van der Waals surface area contributed by atoms with Crippen LogP contribution in [-0.2, 0) is 19.1 Å². The van der Waals surface area contributed by atoms with Crippen LogP contribution in [0.15, 0.2) is 23.8 Å². The highest BCUT2D eigenvalue weighted by atomic mass is 16.7. The van der Waals surface area contributed by atoms with Gasteiger partial charge in [-0.3, -0.25) is 4.79 Å². The minimum Gasteiger partial charge on any atom is -0.469 e. The summed E-state index contributed by atoms with van der Waals surface area (Å²) in [5.41, 5.74) is 0.914. The van der Waals surface area contributed by atoms with E-state index in [1.54, 1.807) is 24.3 Å². The number of ether oxygens (including phenoxy) is 4. The fraction of sp³-hybridized carbons (Fsp3) is 0.286. The molecule has 0 fully saturated rings. The first-order valence-corrected chi connectivity index (χ1v) is 5.89. The average Bonchev–Trinajstić information content (AvgIpc) is 2.93. The molecule has 0 aromatic heterocycles. The van der Waals surface area contributed by atoms with E-state index in [1.165, 1.54) is 14.2 Å². The SMILES string of the molecule is COC(=O)C/C(=C\c1ccc2c(c1)OCO2)C(=O)OC. The number of hydrogen-bond acceptors (Lipinski definition) is 6. The van der Waals surface area contributed by atoms with Crippen molar-refractivity contribution in [3.63, 3.8) is 0 Å². The largest absolute Gasteiger partial charge is 0.469 e. The maximum Gasteiger partial charge on any atom is 0.334 e. The molecule has 0 unspecified atom stereocenters. The van der Waals surface area contributed by atoms with E-state index in [-0.39, 0.29) is 18.8 Å². The summed E-state index contributed by atoms with van der Waals surface area (Å²) in [5.74, 6) is 0.159. The zero-order valence-corrected chi connectivity index (χ0v) is 11.2. The summed E-state index contributed by atoms with van der Waals surface area (Å²) in [6.07, 6.45) is 1.41. The van der Waals surface area contributed by atoms with Crippen molar-refractivity contribution in [2.45, 2.75) is 6.42 Å². The lowest BCUT2D eigenvalue weighted by molar-refractivity contribution is -0.143. The summed E-state index contributed by atoms with van der Waals surface area (Å²) >= 11 is 0. The quantitative estimate of drug-likeness (QED) is 0.614. The Morgan fingerprint density at radius 2 is 1.95 bits per heavy atom. The highest BCUT2D eigenvalue weighted by Gasteiger charge is 2.17. The second-order valence-electron chi connectivity index (χ2n) is 4.03. The molecule has 0 atom stereocenters. The second kappa shape index (κ2) is 6.10. The van der Waals surface area contributed by atoms with Gasteiger partial charge in [0.15, 0.2) is 11.5 Å². The molecule has 20 heavy (non-hydrogen) atoms. The average molecular weight is 278 g/mol. The molecule has 1 aliphatic rings. The van der Waals surface area contributed by atoms with Crippen LogP contribution in [0.25, 0.3) is 6.08 Å². The highest BCUT2D eigenvalue weighted by molar-refractivity contribution is 5.98. The van der Waals surface area contributed by atoms with E-state index in [0.29, 0.717) is 17.1 Å². The Bertz CT molecular complexity index is 561. The van der Waals surface area contributed by atoms with Gasteiger partial charge in [0.25, 0.3) is 0 Å². The molecule has 6 nitrogen and oxygen atoms in total. The van der Waals surface area contributed by atoms with E-state index in [2.05, 4.69) is 9.47 Å². The molecule has 2 rings (SSSR count). The van der Waals surface area contributed by atoms with Crippen LogP contribution in [0, 0.1) is 0 Å². The first kappa shape index (κ1) is 13.9. The van der Waals surface area contributed by atoms with Gasteiger partial charge in [-0.25, -0.2) is 4.79 Å². The van der Waals surface area contributed by atoms with Crippen molar-refractivity contribution in [2.75, 3.05) is 21.0 Å². The number of benzene rings is 1. The minimum atomic E-state index is -0.576. The molecule has 1 aromatic rings. The summed E-state index contributed by atoms with van der Waals surface area (Å²) in [6, 6.07) is 5.22. The Hall–Kier alpha value is -2.50. The summed E-state index contributed by atoms with van der Waals surface area (Å²) in [7, 11) is 2.52. The second-order valence-corrected chi connectivity index (χ2v) is 4.03. The van der Waals surface area contributed by atoms with Crippen molar-refractivity contribution in [1.29, 1.82) is 0 Å². The van der Waals surface area contributed by atoms with Gasteiger partial charge in [-0.2, -0.15) is 0 Å². The van der Waals surface area contributed by atoms with Gasteiger partial charge in [0.2, 0.25) is 6.79 Å². The Morgan fingerprint density at radius 1 is 1.20 bits per heavy atom.